The Morgan fingerprint density at radius 1 is 0.868 bits per heavy atom. The number of carboxylic acids is 4. The molecule has 0 N–H and O–H groups in total. The first-order valence-electron chi connectivity index (χ1n) is 11.7. The van der Waals surface area contributed by atoms with Crippen LogP contribution in [0.5, 0.6) is 0 Å². The van der Waals surface area contributed by atoms with Crippen molar-refractivity contribution in [2.45, 2.75) is 19.9 Å². The molecule has 1 saturated heterocycles. The van der Waals surface area contributed by atoms with Crippen LogP contribution in [0.1, 0.15) is 13.3 Å². The van der Waals surface area contributed by atoms with Crippen molar-refractivity contribution in [1.82, 2.24) is 14.5 Å². The molecule has 0 spiro atoms. The monoisotopic (exact) mass is 530 g/mol. The van der Waals surface area contributed by atoms with Crippen LogP contribution in [0.15, 0.2) is 48.6 Å². The first-order chi connectivity index (χ1) is 18.0. The number of hydrogen-bond acceptors (Lipinski definition) is 12. The summed E-state index contributed by atoms with van der Waals surface area (Å²) in [7, 11) is 2.20. The Morgan fingerprint density at radius 2 is 1.42 bits per heavy atom. The highest BCUT2D eigenvalue weighted by Gasteiger charge is 2.19. The highest BCUT2D eigenvalue weighted by Crippen LogP contribution is 2.23. The van der Waals surface area contributed by atoms with Crippen LogP contribution in [0.3, 0.4) is 0 Å². The second kappa shape index (κ2) is 17.3. The lowest BCUT2D eigenvalue weighted by Gasteiger charge is -2.23. The van der Waals surface area contributed by atoms with E-state index in [1.54, 1.807) is 0 Å². The van der Waals surface area contributed by atoms with Crippen molar-refractivity contribution in [2.75, 3.05) is 51.3 Å². The Bertz CT molecular complexity index is 1060. The van der Waals surface area contributed by atoms with E-state index < -0.39 is 23.9 Å². The van der Waals surface area contributed by atoms with E-state index in [1.807, 2.05) is 6.92 Å². The molecular weight excluding hydrogens is 500 g/mol. The Kier molecular flexibility index (Phi) is 14.4. The lowest BCUT2D eigenvalue weighted by molar-refractivity contribution is -0.301. The summed E-state index contributed by atoms with van der Waals surface area (Å²) < 4.78 is 7.88. The Morgan fingerprint density at radius 3 is 1.95 bits per heavy atom. The molecule has 1 fully saturated rings. The fourth-order valence-corrected chi connectivity index (χ4v) is 3.34. The van der Waals surface area contributed by atoms with Gasteiger partial charge in [0.25, 0.3) is 0 Å². The molecule has 1 aliphatic rings. The maximum atomic E-state index is 9.41. The van der Waals surface area contributed by atoms with E-state index in [1.165, 1.54) is 11.9 Å². The summed E-state index contributed by atoms with van der Waals surface area (Å²) in [4.78, 5) is 47.4. The maximum absolute atomic E-state index is 9.41. The molecule has 0 atom stereocenters. The molecule has 13 nitrogen and oxygen atoms in total. The number of carboxylic acid groups (broad SMARTS) is 4. The van der Waals surface area contributed by atoms with E-state index in [-0.39, 0.29) is 0 Å². The van der Waals surface area contributed by atoms with Crippen molar-refractivity contribution in [2.24, 2.45) is 0 Å². The molecule has 0 amide bonds. The summed E-state index contributed by atoms with van der Waals surface area (Å²) in [6.07, 6.45) is 2.72. The number of aliphatic carboxylic acids is 4. The molecule has 13 heteroatoms. The van der Waals surface area contributed by atoms with Gasteiger partial charge in [-0.1, -0.05) is 12.1 Å². The van der Waals surface area contributed by atoms with E-state index in [0.29, 0.717) is 24.3 Å². The van der Waals surface area contributed by atoms with Gasteiger partial charge >= 0.3 is 0 Å². The van der Waals surface area contributed by atoms with Crippen LogP contribution in [0.2, 0.25) is 0 Å². The fraction of sp³-hybridized carbons (Fsp3) is 0.400. The van der Waals surface area contributed by atoms with Crippen molar-refractivity contribution in [3.8, 4) is 0 Å². The lowest BCUT2D eigenvalue weighted by atomic mass is 10.3. The topological polar surface area (TPSA) is 194 Å². The minimum absolute atomic E-state index is 0.384. The smallest absolute Gasteiger partial charge is 0.206 e. The summed E-state index contributed by atoms with van der Waals surface area (Å²) in [6.45, 7) is 8.75. The van der Waals surface area contributed by atoms with Crippen molar-refractivity contribution >= 4 is 40.9 Å². The molecule has 0 aliphatic carbocycles. The van der Waals surface area contributed by atoms with Crippen molar-refractivity contribution in [3.63, 3.8) is 0 Å². The molecule has 3 rings (SSSR count). The van der Waals surface area contributed by atoms with Gasteiger partial charge in [-0.3, -0.25) is 0 Å². The normalized spacial score (nSPS) is 13.9. The third-order valence-corrected chi connectivity index (χ3v) is 5.01. The number of ether oxygens (including phenoxy) is 1. The number of imidazole rings is 1. The number of carbonyl (C=O) groups is 4. The predicted octanol–water partition coefficient (Wildman–Crippen LogP) is -3.70. The van der Waals surface area contributed by atoms with Gasteiger partial charge < -0.3 is 58.7 Å². The van der Waals surface area contributed by atoms with Gasteiger partial charge in [0.2, 0.25) is 5.95 Å². The molecule has 0 unspecified atom stereocenters. The van der Waals surface area contributed by atoms with Gasteiger partial charge in [0.05, 0.1) is 41.5 Å². The largest absolute Gasteiger partial charge is 0.545 e. The first-order valence-corrected chi connectivity index (χ1v) is 11.7. The molecule has 1 aliphatic heterocycles. The van der Waals surface area contributed by atoms with Gasteiger partial charge in [-0.2, -0.15) is 0 Å². The zero-order valence-electron chi connectivity index (χ0n) is 21.2. The summed E-state index contributed by atoms with van der Waals surface area (Å²) in [6, 6.07) is 8.39. The highest BCUT2D eigenvalue weighted by molar-refractivity contribution is 5.88. The van der Waals surface area contributed by atoms with Gasteiger partial charge in [0, 0.05) is 32.8 Å². The van der Waals surface area contributed by atoms with Gasteiger partial charge in [-0.15, -0.1) is 0 Å². The summed E-state index contributed by atoms with van der Waals surface area (Å²) in [5.41, 5.74) is 2.28. The number of aromatic nitrogens is 2. The number of benzene rings is 1. The SMILES string of the molecule is CCOCCn1c(N2CCCN(C)CC2)nc2ccccc21.O=C([O-])/C=C/C(=O)[O-].O=C([O-])/C=C/C(=O)[O-]. The predicted molar refractivity (Wildman–Crippen MR) is 129 cm³/mol. The van der Waals surface area contributed by atoms with Crippen LogP contribution in [0, 0.1) is 0 Å². The lowest BCUT2D eigenvalue weighted by Crippen LogP contribution is -2.31. The third kappa shape index (κ3) is 12.6. The third-order valence-electron chi connectivity index (χ3n) is 5.01. The van der Waals surface area contributed by atoms with Crippen molar-refractivity contribution in [3.05, 3.63) is 48.6 Å². The summed E-state index contributed by atoms with van der Waals surface area (Å²) in [5.74, 6) is -5.09. The Hall–Kier alpha value is -4.23. The zero-order chi connectivity index (χ0) is 28.5. The van der Waals surface area contributed by atoms with Gasteiger partial charge in [-0.25, -0.2) is 4.98 Å². The standard InChI is InChI=1S/C17H26N4O.2C4H4O4/c1-3-22-14-13-21-16-8-5-4-7-15(16)18-17(21)20-10-6-9-19(2)11-12-20;2*5-3(6)1-2-4(7)8/h4-5,7-8H,3,6,9-14H2,1-2H3;2*1-2H,(H,5,6)(H,7,8)/p-4/b;2*2-1+. The number of anilines is 1. The molecule has 2 aromatic rings. The van der Waals surface area contributed by atoms with E-state index in [0.717, 1.165) is 57.4 Å². The van der Waals surface area contributed by atoms with Crippen molar-refractivity contribution in [1.29, 1.82) is 0 Å². The quantitative estimate of drug-likeness (QED) is 0.228. The van der Waals surface area contributed by atoms with Gasteiger partial charge in [0.1, 0.15) is 0 Å². The number of hydrogen-bond donors (Lipinski definition) is 0. The van der Waals surface area contributed by atoms with Crippen LogP contribution in [-0.4, -0.2) is 84.8 Å². The first kappa shape index (κ1) is 31.8. The summed E-state index contributed by atoms with van der Waals surface area (Å²) >= 11 is 0. The summed E-state index contributed by atoms with van der Waals surface area (Å²) in [5, 5.41) is 37.7. The molecule has 208 valence electrons. The minimum atomic E-state index is -1.55. The molecule has 0 radical (unpaired) electrons. The molecule has 2 heterocycles. The van der Waals surface area contributed by atoms with Crippen LogP contribution in [-0.2, 0) is 30.5 Å². The minimum Gasteiger partial charge on any atom is -0.545 e. The Labute approximate surface area is 219 Å². The Balaban J connectivity index is 0.000000374. The van der Waals surface area contributed by atoms with Gasteiger partial charge in [0.15, 0.2) is 0 Å². The van der Waals surface area contributed by atoms with Crippen molar-refractivity contribution < 1.29 is 44.3 Å². The molecule has 38 heavy (non-hydrogen) atoms. The van der Waals surface area contributed by atoms with Crippen LogP contribution in [0.4, 0.5) is 5.95 Å². The number of nitrogens with zero attached hydrogens (tertiary/aromatic N) is 4. The average molecular weight is 531 g/mol. The molecule has 1 aromatic carbocycles. The molecular formula is C25H30N4O9-4. The number of likely N-dealkylation sites (N-methyl/N-ethyl adjacent to an activating group) is 1. The number of rotatable bonds is 9. The zero-order valence-corrected chi connectivity index (χ0v) is 21.2. The molecule has 1 aromatic heterocycles. The van der Waals surface area contributed by atoms with E-state index in [9.17, 15) is 39.6 Å². The molecule has 0 saturated carbocycles. The van der Waals surface area contributed by atoms with Crippen LogP contribution < -0.4 is 25.3 Å². The van der Waals surface area contributed by atoms with E-state index >= 15 is 0 Å². The maximum Gasteiger partial charge on any atom is 0.206 e. The van der Waals surface area contributed by atoms with Crippen LogP contribution in [0.25, 0.3) is 11.0 Å². The second-order valence-electron chi connectivity index (χ2n) is 7.84. The average Bonchev–Trinajstić information content (AvgIpc) is 3.08. The van der Waals surface area contributed by atoms with Crippen LogP contribution >= 0.6 is 0 Å². The second-order valence-corrected chi connectivity index (χ2v) is 7.84. The molecule has 0 bridgehead atoms. The highest BCUT2D eigenvalue weighted by atomic mass is 16.5. The van der Waals surface area contributed by atoms with E-state index in [4.69, 9.17) is 9.72 Å². The van der Waals surface area contributed by atoms with Gasteiger partial charge in [-0.05, 0) is 63.4 Å². The number of carbonyl (C=O) groups excluding carboxylic acids is 4. The number of fused-ring (bicyclic) bond motifs is 1. The number of para-hydroxylation sites is 2. The fourth-order valence-electron chi connectivity index (χ4n) is 3.34. The van der Waals surface area contributed by atoms with E-state index in [2.05, 4.69) is 45.7 Å².